The third-order valence-corrected chi connectivity index (χ3v) is 3.89. The van der Waals surface area contributed by atoms with Gasteiger partial charge in [-0.05, 0) is 36.6 Å². The maximum Gasteiger partial charge on any atom is 0.229 e. The monoisotopic (exact) mass is 318 g/mol. The molecule has 0 spiro atoms. The number of rotatable bonds is 6. The van der Waals surface area contributed by atoms with Crippen LogP contribution in [0.25, 0.3) is 0 Å². The van der Waals surface area contributed by atoms with Crippen LogP contribution in [0.3, 0.4) is 0 Å². The number of para-hydroxylation sites is 1. The number of hydrogen-bond acceptors (Lipinski definition) is 4. The van der Waals surface area contributed by atoms with Crippen molar-refractivity contribution in [1.29, 1.82) is 0 Å². The second-order valence-corrected chi connectivity index (χ2v) is 5.74. The molecule has 1 aromatic heterocycles. The lowest BCUT2D eigenvalue weighted by molar-refractivity contribution is 1.08. The summed E-state index contributed by atoms with van der Waals surface area (Å²) < 4.78 is 0. The molecule has 4 nitrogen and oxygen atoms in total. The Morgan fingerprint density at radius 1 is 0.958 bits per heavy atom. The van der Waals surface area contributed by atoms with Gasteiger partial charge in [0, 0.05) is 18.4 Å². The van der Waals surface area contributed by atoms with Gasteiger partial charge >= 0.3 is 0 Å². The molecular weight excluding hydrogens is 296 g/mol. The molecular formula is C20H22N4. The highest BCUT2D eigenvalue weighted by Gasteiger charge is 2.03. The van der Waals surface area contributed by atoms with Crippen LogP contribution in [0.15, 0.2) is 60.8 Å². The van der Waals surface area contributed by atoms with Crippen LogP contribution >= 0.6 is 0 Å². The molecule has 0 aliphatic heterocycles. The molecule has 2 N–H and O–H groups in total. The molecule has 0 amide bonds. The van der Waals surface area contributed by atoms with E-state index in [1.807, 2.05) is 18.2 Å². The van der Waals surface area contributed by atoms with E-state index < -0.39 is 0 Å². The van der Waals surface area contributed by atoms with Crippen molar-refractivity contribution in [2.75, 3.05) is 10.6 Å². The smallest absolute Gasteiger partial charge is 0.229 e. The van der Waals surface area contributed by atoms with Gasteiger partial charge in [-0.3, -0.25) is 0 Å². The molecule has 1 heterocycles. The fourth-order valence-corrected chi connectivity index (χ4v) is 2.49. The second kappa shape index (κ2) is 7.59. The third kappa shape index (κ3) is 4.10. The first-order chi connectivity index (χ1) is 11.7. The van der Waals surface area contributed by atoms with Crippen LogP contribution in [0.2, 0.25) is 0 Å². The zero-order valence-corrected chi connectivity index (χ0v) is 14.1. The molecule has 122 valence electrons. The van der Waals surface area contributed by atoms with E-state index in [1.54, 1.807) is 6.20 Å². The lowest BCUT2D eigenvalue weighted by atomic mass is 10.1. The van der Waals surface area contributed by atoms with E-state index in [9.17, 15) is 0 Å². The topological polar surface area (TPSA) is 49.8 Å². The average molecular weight is 318 g/mol. The summed E-state index contributed by atoms with van der Waals surface area (Å²) in [6.45, 7) is 4.97. The van der Waals surface area contributed by atoms with Crippen molar-refractivity contribution in [3.05, 3.63) is 77.5 Å². The van der Waals surface area contributed by atoms with Crippen molar-refractivity contribution < 1.29 is 0 Å². The maximum absolute atomic E-state index is 4.54. The van der Waals surface area contributed by atoms with Gasteiger partial charge in [0.1, 0.15) is 5.82 Å². The summed E-state index contributed by atoms with van der Waals surface area (Å²) in [4.78, 5) is 8.86. The molecule has 0 atom stereocenters. The molecule has 3 rings (SSSR count). The van der Waals surface area contributed by atoms with Crippen molar-refractivity contribution in [1.82, 2.24) is 9.97 Å². The highest BCUT2D eigenvalue weighted by molar-refractivity contribution is 5.59. The summed E-state index contributed by atoms with van der Waals surface area (Å²) in [5.74, 6) is 1.41. The van der Waals surface area contributed by atoms with Crippen molar-refractivity contribution in [2.45, 2.75) is 26.8 Å². The standard InChI is InChI=1S/C20H22N4/c1-3-17-6-4-5-7-18(17)23-20-21-13-12-19(24-20)22-14-16-10-8-15(2)9-11-16/h4-13H,3,14H2,1-2H3,(H2,21,22,23,24). The van der Waals surface area contributed by atoms with Gasteiger partial charge in [-0.15, -0.1) is 0 Å². The summed E-state index contributed by atoms with van der Waals surface area (Å²) in [5, 5.41) is 6.65. The number of aryl methyl sites for hydroxylation is 2. The minimum atomic E-state index is 0.602. The number of nitrogens with zero attached hydrogens (tertiary/aromatic N) is 2. The minimum absolute atomic E-state index is 0.602. The largest absolute Gasteiger partial charge is 0.366 e. The van der Waals surface area contributed by atoms with E-state index in [0.29, 0.717) is 5.95 Å². The molecule has 0 fully saturated rings. The quantitative estimate of drug-likeness (QED) is 0.691. The molecule has 24 heavy (non-hydrogen) atoms. The van der Waals surface area contributed by atoms with Crippen LogP contribution in [0.1, 0.15) is 23.6 Å². The first kappa shape index (κ1) is 16.0. The lowest BCUT2D eigenvalue weighted by Crippen LogP contribution is -2.05. The van der Waals surface area contributed by atoms with E-state index >= 15 is 0 Å². The Kier molecular flexibility index (Phi) is 5.06. The second-order valence-electron chi connectivity index (χ2n) is 5.74. The third-order valence-electron chi connectivity index (χ3n) is 3.89. The van der Waals surface area contributed by atoms with E-state index in [-0.39, 0.29) is 0 Å². The number of hydrogen-bond donors (Lipinski definition) is 2. The highest BCUT2D eigenvalue weighted by Crippen LogP contribution is 2.19. The van der Waals surface area contributed by atoms with Crippen molar-refractivity contribution in [3.8, 4) is 0 Å². The maximum atomic E-state index is 4.54. The lowest BCUT2D eigenvalue weighted by Gasteiger charge is -2.11. The molecule has 0 bridgehead atoms. The SMILES string of the molecule is CCc1ccccc1Nc1nccc(NCc2ccc(C)cc2)n1. The summed E-state index contributed by atoms with van der Waals surface area (Å²) in [6, 6.07) is 18.6. The van der Waals surface area contributed by atoms with E-state index in [0.717, 1.165) is 24.5 Å². The molecule has 0 saturated heterocycles. The highest BCUT2D eigenvalue weighted by atomic mass is 15.1. The molecule has 4 heteroatoms. The van der Waals surface area contributed by atoms with E-state index in [1.165, 1.54) is 16.7 Å². The number of benzene rings is 2. The van der Waals surface area contributed by atoms with Crippen LogP contribution < -0.4 is 10.6 Å². The molecule has 3 aromatic rings. The first-order valence-corrected chi connectivity index (χ1v) is 8.22. The van der Waals surface area contributed by atoms with Crippen LogP contribution in [-0.4, -0.2) is 9.97 Å². The van der Waals surface area contributed by atoms with Gasteiger partial charge in [-0.1, -0.05) is 55.0 Å². The van der Waals surface area contributed by atoms with Gasteiger partial charge in [0.25, 0.3) is 0 Å². The fourth-order valence-electron chi connectivity index (χ4n) is 2.49. The molecule has 0 saturated carbocycles. The van der Waals surface area contributed by atoms with E-state index in [2.05, 4.69) is 70.8 Å². The van der Waals surface area contributed by atoms with E-state index in [4.69, 9.17) is 0 Å². The van der Waals surface area contributed by atoms with Gasteiger partial charge in [-0.2, -0.15) is 4.98 Å². The molecule has 0 aliphatic rings. The molecule has 0 aliphatic carbocycles. The Morgan fingerprint density at radius 3 is 2.54 bits per heavy atom. The Labute approximate surface area is 143 Å². The summed E-state index contributed by atoms with van der Waals surface area (Å²) in [7, 11) is 0. The van der Waals surface area contributed by atoms with Crippen LogP contribution in [-0.2, 0) is 13.0 Å². The fraction of sp³-hybridized carbons (Fsp3) is 0.200. The van der Waals surface area contributed by atoms with Crippen LogP contribution in [0.4, 0.5) is 17.5 Å². The zero-order valence-electron chi connectivity index (χ0n) is 14.1. The van der Waals surface area contributed by atoms with Gasteiger partial charge in [0.2, 0.25) is 5.95 Å². The van der Waals surface area contributed by atoms with Crippen molar-refractivity contribution >= 4 is 17.5 Å². The van der Waals surface area contributed by atoms with Gasteiger partial charge in [0.05, 0.1) is 0 Å². The number of nitrogens with one attached hydrogen (secondary N) is 2. The predicted octanol–water partition coefficient (Wildman–Crippen LogP) is 4.70. The predicted molar refractivity (Wildman–Crippen MR) is 99.6 cm³/mol. The molecule has 0 radical (unpaired) electrons. The molecule has 0 unspecified atom stereocenters. The van der Waals surface area contributed by atoms with Gasteiger partial charge in [0.15, 0.2) is 0 Å². The Balaban J connectivity index is 1.68. The summed E-state index contributed by atoms with van der Waals surface area (Å²) >= 11 is 0. The first-order valence-electron chi connectivity index (χ1n) is 8.22. The van der Waals surface area contributed by atoms with Crippen LogP contribution in [0.5, 0.6) is 0 Å². The van der Waals surface area contributed by atoms with Gasteiger partial charge in [-0.25, -0.2) is 4.98 Å². The Hall–Kier alpha value is -2.88. The Bertz CT molecular complexity index is 797. The van der Waals surface area contributed by atoms with Crippen molar-refractivity contribution in [2.24, 2.45) is 0 Å². The number of aromatic nitrogens is 2. The normalized spacial score (nSPS) is 10.4. The summed E-state index contributed by atoms with van der Waals surface area (Å²) in [6.07, 6.45) is 2.73. The molecule has 2 aromatic carbocycles. The number of anilines is 3. The van der Waals surface area contributed by atoms with Gasteiger partial charge < -0.3 is 10.6 Å². The zero-order chi connectivity index (χ0) is 16.8. The van der Waals surface area contributed by atoms with Crippen LogP contribution in [0, 0.1) is 6.92 Å². The summed E-state index contributed by atoms with van der Waals surface area (Å²) in [5.41, 5.74) is 4.79. The van der Waals surface area contributed by atoms with Crippen molar-refractivity contribution in [3.63, 3.8) is 0 Å². The Morgan fingerprint density at radius 2 is 1.75 bits per heavy atom. The minimum Gasteiger partial charge on any atom is -0.366 e. The average Bonchev–Trinajstić information content (AvgIpc) is 2.62.